The normalized spacial score (nSPS) is 11.1. The first-order valence-corrected chi connectivity index (χ1v) is 4.04. The summed E-state index contributed by atoms with van der Waals surface area (Å²) in [6, 6.07) is 5.84. The topological polar surface area (TPSA) is 34.3 Å². The maximum atomic E-state index is 4.24. The molecule has 0 saturated heterocycles. The van der Waals surface area contributed by atoms with Gasteiger partial charge in [0.1, 0.15) is 17.9 Å². The smallest absolute Gasteiger partial charge is 0.198 e. The van der Waals surface area contributed by atoms with Gasteiger partial charge >= 0.3 is 5.78 Å². The molecule has 0 saturated carbocycles. The van der Waals surface area contributed by atoms with Crippen LogP contribution in [0.4, 0.5) is 0 Å². The maximum Gasteiger partial charge on any atom is 0.427 e. The molecule has 4 nitrogen and oxygen atoms in total. The van der Waals surface area contributed by atoms with Crippen molar-refractivity contribution >= 4 is 11.3 Å². The van der Waals surface area contributed by atoms with Crippen molar-refractivity contribution in [2.45, 2.75) is 0 Å². The van der Waals surface area contributed by atoms with Gasteiger partial charge in [-0.3, -0.25) is 0 Å². The molecule has 0 aliphatic carbocycles. The molecule has 13 heavy (non-hydrogen) atoms. The Labute approximate surface area is 74.1 Å². The average Bonchev–Trinajstić information content (AvgIpc) is 2.65. The Balaban J connectivity index is 2.65. The lowest BCUT2D eigenvalue weighted by atomic mass is 10.5. The van der Waals surface area contributed by atoms with E-state index in [1.807, 2.05) is 41.2 Å². The van der Waals surface area contributed by atoms with Crippen LogP contribution in [0.15, 0.2) is 43.0 Å². The van der Waals surface area contributed by atoms with E-state index in [0.29, 0.717) is 0 Å². The highest BCUT2D eigenvalue weighted by atomic mass is 15.3. The van der Waals surface area contributed by atoms with E-state index in [0.717, 1.165) is 11.3 Å². The molecule has 62 valence electrons. The van der Waals surface area contributed by atoms with Crippen LogP contribution in [0, 0.1) is 0 Å². The quantitative estimate of drug-likeness (QED) is 0.461. The fourth-order valence-corrected chi connectivity index (χ4v) is 1.42. The van der Waals surface area contributed by atoms with E-state index in [9.17, 15) is 0 Å². The van der Waals surface area contributed by atoms with Crippen molar-refractivity contribution in [3.05, 3.63) is 43.0 Å². The first kappa shape index (κ1) is 6.54. The summed E-state index contributed by atoms with van der Waals surface area (Å²) in [4.78, 5) is 4.24. The number of nitrogens with zero attached hydrogens (tertiary/aromatic N) is 4. The van der Waals surface area contributed by atoms with Crippen LogP contribution in [0.2, 0.25) is 0 Å². The van der Waals surface area contributed by atoms with Crippen molar-refractivity contribution in [1.82, 2.24) is 14.5 Å². The molecular formula is C9H7N4+. The highest BCUT2D eigenvalue weighted by molar-refractivity contribution is 5.48. The first-order valence-electron chi connectivity index (χ1n) is 4.04. The van der Waals surface area contributed by atoms with Gasteiger partial charge in [0.05, 0.1) is 12.4 Å². The summed E-state index contributed by atoms with van der Waals surface area (Å²) < 4.78 is 3.74. The third-order valence-corrected chi connectivity index (χ3v) is 2.02. The van der Waals surface area contributed by atoms with Crippen LogP contribution >= 0.6 is 0 Å². The number of aromatic nitrogens is 4. The van der Waals surface area contributed by atoms with Crippen molar-refractivity contribution in [2.24, 2.45) is 0 Å². The van der Waals surface area contributed by atoms with Gasteiger partial charge in [0.25, 0.3) is 0 Å². The SMILES string of the molecule is c1cc2cn[n+]3cccnc3n2c1. The van der Waals surface area contributed by atoms with Crippen molar-refractivity contribution in [3.8, 4) is 0 Å². The minimum Gasteiger partial charge on any atom is -0.198 e. The summed E-state index contributed by atoms with van der Waals surface area (Å²) in [5.41, 5.74) is 1.05. The van der Waals surface area contributed by atoms with Crippen LogP contribution in [0.25, 0.3) is 11.3 Å². The number of hydrogen-bond donors (Lipinski definition) is 0. The van der Waals surface area contributed by atoms with E-state index in [2.05, 4.69) is 10.1 Å². The molecule has 0 fully saturated rings. The summed E-state index contributed by atoms with van der Waals surface area (Å²) >= 11 is 0. The summed E-state index contributed by atoms with van der Waals surface area (Å²) in [7, 11) is 0. The van der Waals surface area contributed by atoms with Crippen molar-refractivity contribution in [1.29, 1.82) is 0 Å². The monoisotopic (exact) mass is 171 g/mol. The van der Waals surface area contributed by atoms with E-state index in [-0.39, 0.29) is 0 Å². The van der Waals surface area contributed by atoms with Crippen LogP contribution in [0.3, 0.4) is 0 Å². The predicted octanol–water partition coefficient (Wildman–Crippen LogP) is 0.468. The van der Waals surface area contributed by atoms with Gasteiger partial charge in [-0.15, -0.1) is 9.61 Å². The molecule has 0 aliphatic heterocycles. The van der Waals surface area contributed by atoms with Gasteiger partial charge < -0.3 is 0 Å². The summed E-state index contributed by atoms with van der Waals surface area (Å²) in [5, 5.41) is 4.21. The predicted molar refractivity (Wildman–Crippen MR) is 46.1 cm³/mol. The maximum absolute atomic E-state index is 4.24. The zero-order valence-corrected chi connectivity index (χ0v) is 6.83. The Bertz CT molecular complexity index is 570. The van der Waals surface area contributed by atoms with Gasteiger partial charge in [-0.05, 0) is 12.1 Å². The van der Waals surface area contributed by atoms with E-state index >= 15 is 0 Å². The van der Waals surface area contributed by atoms with Crippen molar-refractivity contribution < 1.29 is 4.52 Å². The van der Waals surface area contributed by atoms with Crippen LogP contribution in [-0.4, -0.2) is 14.5 Å². The highest BCUT2D eigenvalue weighted by Crippen LogP contribution is 2.01. The fourth-order valence-electron chi connectivity index (χ4n) is 1.42. The Morgan fingerprint density at radius 1 is 1.31 bits per heavy atom. The molecule has 0 radical (unpaired) electrons. The molecule has 0 atom stereocenters. The molecule has 0 aliphatic rings. The average molecular weight is 171 g/mol. The summed E-state index contributed by atoms with van der Waals surface area (Å²) in [5.74, 6) is 0.824. The molecule has 0 amide bonds. The molecule has 3 heterocycles. The van der Waals surface area contributed by atoms with Crippen LogP contribution in [0.5, 0.6) is 0 Å². The van der Waals surface area contributed by atoms with E-state index in [1.165, 1.54) is 0 Å². The van der Waals surface area contributed by atoms with Crippen LogP contribution < -0.4 is 4.52 Å². The van der Waals surface area contributed by atoms with Crippen molar-refractivity contribution in [3.63, 3.8) is 0 Å². The molecule has 0 unspecified atom stereocenters. The molecule has 4 heteroatoms. The molecule has 3 aromatic heterocycles. The summed E-state index contributed by atoms with van der Waals surface area (Å²) in [6.45, 7) is 0. The minimum absolute atomic E-state index is 0.824. The Morgan fingerprint density at radius 3 is 3.31 bits per heavy atom. The Morgan fingerprint density at radius 2 is 2.31 bits per heavy atom. The lowest BCUT2D eigenvalue weighted by Gasteiger charge is -1.91. The second kappa shape index (κ2) is 2.26. The fraction of sp³-hybridized carbons (Fsp3) is 0. The first-order chi connectivity index (χ1) is 6.45. The molecule has 3 rings (SSSR count). The number of fused-ring (bicyclic) bond motifs is 3. The number of rotatable bonds is 0. The largest absolute Gasteiger partial charge is 0.427 e. The molecule has 0 bridgehead atoms. The minimum atomic E-state index is 0.824. The molecule has 0 spiro atoms. The van der Waals surface area contributed by atoms with E-state index in [4.69, 9.17) is 0 Å². The van der Waals surface area contributed by atoms with E-state index in [1.54, 1.807) is 10.7 Å². The van der Waals surface area contributed by atoms with Gasteiger partial charge in [0, 0.05) is 6.07 Å². The molecule has 3 aromatic rings. The highest BCUT2D eigenvalue weighted by Gasteiger charge is 2.07. The van der Waals surface area contributed by atoms with Gasteiger partial charge in [-0.1, -0.05) is 4.98 Å². The number of hydrogen-bond acceptors (Lipinski definition) is 2. The van der Waals surface area contributed by atoms with Crippen LogP contribution in [-0.2, 0) is 0 Å². The standard InChI is InChI=1S/C9H7N4/c1-3-8-7-11-13-6-2-4-10-9(13)12(8)5-1/h1-7H/q+1. The Hall–Kier alpha value is -1.97. The summed E-state index contributed by atoms with van der Waals surface area (Å²) in [6.07, 6.45) is 7.42. The zero-order chi connectivity index (χ0) is 8.67. The third kappa shape index (κ3) is 0.823. The third-order valence-electron chi connectivity index (χ3n) is 2.02. The van der Waals surface area contributed by atoms with Crippen molar-refractivity contribution in [2.75, 3.05) is 0 Å². The van der Waals surface area contributed by atoms with Gasteiger partial charge in [0.15, 0.2) is 0 Å². The Kier molecular flexibility index (Phi) is 1.14. The lowest BCUT2D eigenvalue weighted by Crippen LogP contribution is -2.28. The zero-order valence-electron chi connectivity index (χ0n) is 6.83. The van der Waals surface area contributed by atoms with Gasteiger partial charge in [-0.2, -0.15) is 4.40 Å². The lowest BCUT2D eigenvalue weighted by molar-refractivity contribution is -0.585. The second-order valence-corrected chi connectivity index (χ2v) is 2.81. The van der Waals surface area contributed by atoms with Gasteiger partial charge in [-0.25, -0.2) is 0 Å². The van der Waals surface area contributed by atoms with Gasteiger partial charge in [0.2, 0.25) is 0 Å². The van der Waals surface area contributed by atoms with E-state index < -0.39 is 0 Å². The molecule has 0 N–H and O–H groups in total. The molecular weight excluding hydrogens is 164 g/mol. The van der Waals surface area contributed by atoms with Crippen LogP contribution in [0.1, 0.15) is 0 Å². The molecule has 0 aromatic carbocycles. The second-order valence-electron chi connectivity index (χ2n) is 2.81.